The molecular weight excluding hydrogens is 388 g/mol. The van der Waals surface area contributed by atoms with E-state index in [2.05, 4.69) is 0 Å². The number of hydrogen-bond acceptors (Lipinski definition) is 2. The number of carbonyl (C=O) groups excluding carboxylic acids is 1. The Labute approximate surface area is 159 Å². The molecule has 0 aromatic heterocycles. The smallest absolute Gasteiger partial charge is 0.373 e. The fourth-order valence-corrected chi connectivity index (χ4v) is 3.83. The largest absolute Gasteiger partial charge is 0.426 e. The monoisotopic (exact) mass is 411 g/mol. The van der Waals surface area contributed by atoms with Gasteiger partial charge in [-0.05, 0) is 31.2 Å². The fourth-order valence-electron chi connectivity index (χ4n) is 3.83. The highest BCUT2D eigenvalue weighted by atomic mass is 19.4. The van der Waals surface area contributed by atoms with Crippen LogP contribution in [0.25, 0.3) is 0 Å². The van der Waals surface area contributed by atoms with Gasteiger partial charge in [0.2, 0.25) is 5.91 Å². The number of benzene rings is 1. The molecule has 9 heteroatoms. The number of halogens is 6. The van der Waals surface area contributed by atoms with Crippen molar-refractivity contribution >= 4 is 5.91 Å². The SMILES string of the molecule is CCC(=O)N(Cc1ccccc1)C1CCC(C(O)(C(F)(F)F)C(F)(F)F)CC1. The van der Waals surface area contributed by atoms with Gasteiger partial charge in [0, 0.05) is 24.9 Å². The zero-order chi connectivity index (χ0) is 21.2. The zero-order valence-corrected chi connectivity index (χ0v) is 15.4. The first-order valence-corrected chi connectivity index (χ1v) is 9.11. The molecule has 28 heavy (non-hydrogen) atoms. The molecule has 1 fully saturated rings. The molecule has 0 unspecified atom stereocenters. The highest BCUT2D eigenvalue weighted by molar-refractivity contribution is 5.76. The Kier molecular flexibility index (Phi) is 6.68. The third kappa shape index (κ3) is 4.45. The molecule has 1 aliphatic rings. The van der Waals surface area contributed by atoms with Gasteiger partial charge in [0.05, 0.1) is 0 Å². The molecule has 158 valence electrons. The average molecular weight is 411 g/mol. The second kappa shape index (κ2) is 8.31. The lowest BCUT2D eigenvalue weighted by Gasteiger charge is -2.44. The molecule has 1 amide bonds. The van der Waals surface area contributed by atoms with Crippen LogP contribution in [0.1, 0.15) is 44.6 Å². The lowest BCUT2D eigenvalue weighted by atomic mass is 9.74. The summed E-state index contributed by atoms with van der Waals surface area (Å²) in [5.41, 5.74) is -3.90. The summed E-state index contributed by atoms with van der Waals surface area (Å²) in [5.74, 6) is -2.20. The first kappa shape index (κ1) is 22.5. The van der Waals surface area contributed by atoms with Gasteiger partial charge in [-0.1, -0.05) is 37.3 Å². The second-order valence-corrected chi connectivity index (χ2v) is 7.13. The van der Waals surface area contributed by atoms with Gasteiger partial charge < -0.3 is 10.0 Å². The van der Waals surface area contributed by atoms with Crippen molar-refractivity contribution in [3.05, 3.63) is 35.9 Å². The van der Waals surface area contributed by atoms with Crippen molar-refractivity contribution in [2.24, 2.45) is 5.92 Å². The van der Waals surface area contributed by atoms with Crippen molar-refractivity contribution in [1.82, 2.24) is 4.90 Å². The average Bonchev–Trinajstić information content (AvgIpc) is 2.64. The summed E-state index contributed by atoms with van der Waals surface area (Å²) in [6.07, 6.45) is -12.4. The Balaban J connectivity index is 2.16. The number of nitrogens with zero attached hydrogens (tertiary/aromatic N) is 1. The maximum Gasteiger partial charge on any atom is 0.426 e. The first-order valence-electron chi connectivity index (χ1n) is 9.11. The molecule has 3 nitrogen and oxygen atoms in total. The highest BCUT2D eigenvalue weighted by Gasteiger charge is 2.73. The number of carbonyl (C=O) groups is 1. The molecule has 0 atom stereocenters. The standard InChI is InChI=1S/C19H23F6NO2/c1-2-16(27)26(12-13-6-4-3-5-7-13)15-10-8-14(9-11-15)17(28,18(20,21)22)19(23,24)25/h3-7,14-15,28H,2,8-12H2,1H3. The maximum absolute atomic E-state index is 13.1. The van der Waals surface area contributed by atoms with E-state index in [1.807, 2.05) is 0 Å². The molecule has 1 N–H and O–H groups in total. The molecule has 1 saturated carbocycles. The third-order valence-corrected chi connectivity index (χ3v) is 5.41. The lowest BCUT2D eigenvalue weighted by Crippen LogP contribution is -2.62. The van der Waals surface area contributed by atoms with Crippen LogP contribution in [0.3, 0.4) is 0 Å². The first-order chi connectivity index (χ1) is 12.9. The predicted molar refractivity (Wildman–Crippen MR) is 90.1 cm³/mol. The predicted octanol–water partition coefficient (Wildman–Crippen LogP) is 4.84. The topological polar surface area (TPSA) is 40.5 Å². The van der Waals surface area contributed by atoms with E-state index in [0.29, 0.717) is 0 Å². The minimum absolute atomic E-state index is 0.0300. The van der Waals surface area contributed by atoms with Crippen molar-refractivity contribution in [2.75, 3.05) is 0 Å². The second-order valence-electron chi connectivity index (χ2n) is 7.13. The molecule has 0 heterocycles. The molecule has 0 aliphatic heterocycles. The molecule has 0 saturated heterocycles. The zero-order valence-electron chi connectivity index (χ0n) is 15.4. The van der Waals surface area contributed by atoms with Crippen LogP contribution in [0.5, 0.6) is 0 Å². The maximum atomic E-state index is 13.1. The van der Waals surface area contributed by atoms with Crippen LogP contribution in [-0.4, -0.2) is 39.9 Å². The molecule has 2 rings (SSSR count). The normalized spacial score (nSPS) is 21.4. The summed E-state index contributed by atoms with van der Waals surface area (Å²) in [6.45, 7) is 1.89. The minimum Gasteiger partial charge on any atom is -0.373 e. The Bertz CT molecular complexity index is 637. The van der Waals surface area contributed by atoms with Crippen LogP contribution in [0.15, 0.2) is 30.3 Å². The number of amides is 1. The summed E-state index contributed by atoms with van der Waals surface area (Å²) in [5, 5.41) is 9.59. The molecule has 0 bridgehead atoms. The van der Waals surface area contributed by atoms with Gasteiger partial charge in [0.1, 0.15) is 0 Å². The van der Waals surface area contributed by atoms with Crippen molar-refractivity contribution in [1.29, 1.82) is 0 Å². The van der Waals surface area contributed by atoms with Crippen molar-refractivity contribution < 1.29 is 36.2 Å². The Morgan fingerprint density at radius 3 is 1.93 bits per heavy atom. The molecule has 0 radical (unpaired) electrons. The number of rotatable bonds is 5. The van der Waals surface area contributed by atoms with Crippen LogP contribution in [-0.2, 0) is 11.3 Å². The van der Waals surface area contributed by atoms with Crippen LogP contribution in [0.2, 0.25) is 0 Å². The van der Waals surface area contributed by atoms with Crippen molar-refractivity contribution in [2.45, 2.75) is 69.6 Å². The minimum atomic E-state index is -5.81. The number of alkyl halides is 6. The van der Waals surface area contributed by atoms with E-state index in [-0.39, 0.29) is 31.7 Å². The van der Waals surface area contributed by atoms with E-state index in [0.717, 1.165) is 5.56 Å². The van der Waals surface area contributed by atoms with E-state index in [4.69, 9.17) is 0 Å². The molecule has 1 aliphatic carbocycles. The van der Waals surface area contributed by atoms with Crippen LogP contribution in [0.4, 0.5) is 26.3 Å². The Hall–Kier alpha value is -1.77. The van der Waals surface area contributed by atoms with E-state index >= 15 is 0 Å². The van der Waals surface area contributed by atoms with E-state index in [9.17, 15) is 36.2 Å². The summed E-state index contributed by atoms with van der Waals surface area (Å²) in [6, 6.07) is 8.51. The third-order valence-electron chi connectivity index (χ3n) is 5.41. The van der Waals surface area contributed by atoms with Gasteiger partial charge in [0.15, 0.2) is 0 Å². The Morgan fingerprint density at radius 2 is 1.50 bits per heavy atom. The van der Waals surface area contributed by atoms with Gasteiger partial charge in [-0.2, -0.15) is 26.3 Å². The summed E-state index contributed by atoms with van der Waals surface area (Å²) in [7, 11) is 0. The van der Waals surface area contributed by atoms with Crippen LogP contribution in [0, 0.1) is 5.92 Å². The molecular formula is C19H23F6NO2. The van der Waals surface area contributed by atoms with Gasteiger partial charge in [-0.25, -0.2) is 0 Å². The van der Waals surface area contributed by atoms with Crippen molar-refractivity contribution in [3.63, 3.8) is 0 Å². The van der Waals surface area contributed by atoms with Gasteiger partial charge in [-0.3, -0.25) is 4.79 Å². The van der Waals surface area contributed by atoms with Gasteiger partial charge in [-0.15, -0.1) is 0 Å². The van der Waals surface area contributed by atoms with Gasteiger partial charge in [0.25, 0.3) is 5.60 Å². The van der Waals surface area contributed by atoms with Crippen molar-refractivity contribution in [3.8, 4) is 0 Å². The van der Waals surface area contributed by atoms with Crippen LogP contribution >= 0.6 is 0 Å². The van der Waals surface area contributed by atoms with E-state index in [1.54, 1.807) is 37.3 Å². The van der Waals surface area contributed by atoms with E-state index in [1.165, 1.54) is 4.90 Å². The summed E-state index contributed by atoms with van der Waals surface area (Å²) in [4.78, 5) is 13.8. The number of hydrogen-bond donors (Lipinski definition) is 1. The molecule has 1 aromatic rings. The number of aliphatic hydroxyl groups is 1. The summed E-state index contributed by atoms with van der Waals surface area (Å²) >= 11 is 0. The van der Waals surface area contributed by atoms with Crippen LogP contribution < -0.4 is 0 Å². The molecule has 0 spiro atoms. The fraction of sp³-hybridized carbons (Fsp3) is 0.632. The quantitative estimate of drug-likeness (QED) is 0.705. The molecule has 1 aromatic carbocycles. The van der Waals surface area contributed by atoms with E-state index < -0.39 is 42.8 Å². The lowest BCUT2D eigenvalue weighted by molar-refractivity contribution is -0.387. The van der Waals surface area contributed by atoms with Gasteiger partial charge >= 0.3 is 12.4 Å². The summed E-state index contributed by atoms with van der Waals surface area (Å²) < 4.78 is 78.5. The Morgan fingerprint density at radius 1 is 1.00 bits per heavy atom. The highest BCUT2D eigenvalue weighted by Crippen LogP contribution is 2.51.